The van der Waals surface area contributed by atoms with Crippen LogP contribution < -0.4 is 10.2 Å². The molecule has 0 bridgehead atoms. The number of hydrogen-bond donors (Lipinski definition) is 1. The van der Waals surface area contributed by atoms with Gasteiger partial charge in [0, 0.05) is 11.3 Å². The highest BCUT2D eigenvalue weighted by Gasteiger charge is 2.22. The lowest BCUT2D eigenvalue weighted by Gasteiger charge is -2.27. The Morgan fingerprint density at radius 3 is 2.41 bits per heavy atom. The first kappa shape index (κ1) is 11.6. The number of carbonyl (C=O) groups is 3. The van der Waals surface area contributed by atoms with E-state index in [9.17, 15) is 14.4 Å². The number of benzene rings is 1. The maximum atomic E-state index is 11.2. The van der Waals surface area contributed by atoms with Gasteiger partial charge in [-0.1, -0.05) is 11.6 Å². The third-order valence-electron chi connectivity index (χ3n) is 2.42. The molecule has 0 saturated carbocycles. The molecular formula is C11H9ClN2O3. The number of rotatable bonds is 2. The van der Waals surface area contributed by atoms with Crippen molar-refractivity contribution in [2.24, 2.45) is 0 Å². The van der Waals surface area contributed by atoms with Crippen molar-refractivity contribution in [3.8, 4) is 0 Å². The van der Waals surface area contributed by atoms with Crippen LogP contribution in [0.2, 0.25) is 5.02 Å². The summed E-state index contributed by atoms with van der Waals surface area (Å²) in [5.74, 6) is -0.700. The SMILES string of the molecule is O=Cc1ccc(N2CC(=O)NC(=O)C2)cc1Cl. The number of aldehydes is 1. The lowest BCUT2D eigenvalue weighted by molar-refractivity contribution is -0.130. The molecule has 0 spiro atoms. The zero-order valence-corrected chi connectivity index (χ0v) is 9.53. The molecule has 1 fully saturated rings. The van der Waals surface area contributed by atoms with Gasteiger partial charge in [0.05, 0.1) is 18.1 Å². The third-order valence-corrected chi connectivity index (χ3v) is 2.75. The smallest absolute Gasteiger partial charge is 0.246 e. The summed E-state index contributed by atoms with van der Waals surface area (Å²) in [4.78, 5) is 34.6. The molecule has 0 unspecified atom stereocenters. The number of piperazine rings is 1. The molecule has 2 amide bonds. The molecule has 1 N–H and O–H groups in total. The highest BCUT2D eigenvalue weighted by atomic mass is 35.5. The zero-order chi connectivity index (χ0) is 12.4. The Kier molecular flexibility index (Phi) is 3.10. The number of carbonyl (C=O) groups excluding carboxylic acids is 3. The van der Waals surface area contributed by atoms with Gasteiger partial charge in [-0.2, -0.15) is 0 Å². The Morgan fingerprint density at radius 1 is 1.24 bits per heavy atom. The van der Waals surface area contributed by atoms with Crippen molar-refractivity contribution < 1.29 is 14.4 Å². The van der Waals surface area contributed by atoms with Gasteiger partial charge in [0.15, 0.2) is 6.29 Å². The minimum absolute atomic E-state index is 0.0997. The quantitative estimate of drug-likeness (QED) is 0.619. The molecule has 1 aromatic carbocycles. The molecule has 17 heavy (non-hydrogen) atoms. The average molecular weight is 253 g/mol. The van der Waals surface area contributed by atoms with E-state index >= 15 is 0 Å². The lowest BCUT2D eigenvalue weighted by Crippen LogP contribution is -2.51. The molecule has 1 saturated heterocycles. The van der Waals surface area contributed by atoms with Crippen molar-refractivity contribution in [1.29, 1.82) is 0 Å². The Balaban J connectivity index is 2.27. The van der Waals surface area contributed by atoms with Crippen LogP contribution >= 0.6 is 11.6 Å². The summed E-state index contributed by atoms with van der Waals surface area (Å²) in [6.07, 6.45) is 0.653. The van der Waals surface area contributed by atoms with Crippen molar-refractivity contribution in [3.05, 3.63) is 28.8 Å². The van der Waals surface area contributed by atoms with E-state index in [2.05, 4.69) is 5.32 Å². The Labute approximate surface area is 102 Å². The Bertz CT molecular complexity index is 485. The fraction of sp³-hybridized carbons (Fsp3) is 0.182. The molecule has 2 rings (SSSR count). The molecule has 0 aromatic heterocycles. The largest absolute Gasteiger partial charge is 0.353 e. The van der Waals surface area contributed by atoms with Crippen molar-refractivity contribution in [2.75, 3.05) is 18.0 Å². The summed E-state index contributed by atoms with van der Waals surface area (Å²) in [6.45, 7) is 0.199. The van der Waals surface area contributed by atoms with E-state index in [1.165, 1.54) is 0 Å². The number of imide groups is 1. The summed E-state index contributed by atoms with van der Waals surface area (Å²) >= 11 is 5.88. The Morgan fingerprint density at radius 2 is 1.88 bits per heavy atom. The van der Waals surface area contributed by atoms with E-state index in [4.69, 9.17) is 11.6 Å². The molecule has 0 radical (unpaired) electrons. The fourth-order valence-electron chi connectivity index (χ4n) is 1.63. The van der Waals surface area contributed by atoms with Gasteiger partial charge in [-0.3, -0.25) is 19.7 Å². The fourth-order valence-corrected chi connectivity index (χ4v) is 1.85. The molecule has 1 aromatic rings. The minimum atomic E-state index is -0.350. The number of amides is 2. The number of halogens is 1. The van der Waals surface area contributed by atoms with Crippen LogP contribution in [-0.4, -0.2) is 31.2 Å². The standard InChI is InChI=1S/C11H9ClN2O3/c12-9-3-8(2-1-7(9)6-15)14-4-10(16)13-11(17)5-14/h1-3,6H,4-5H2,(H,13,16,17). The Hall–Kier alpha value is -1.88. The van der Waals surface area contributed by atoms with Crippen LogP contribution in [-0.2, 0) is 9.59 Å². The number of nitrogens with one attached hydrogen (secondary N) is 1. The van der Waals surface area contributed by atoms with Crippen LogP contribution in [0.5, 0.6) is 0 Å². The van der Waals surface area contributed by atoms with Gasteiger partial charge in [0.1, 0.15) is 0 Å². The van der Waals surface area contributed by atoms with Gasteiger partial charge in [-0.15, -0.1) is 0 Å². The molecule has 88 valence electrons. The van der Waals surface area contributed by atoms with Gasteiger partial charge in [0.25, 0.3) is 0 Å². The maximum Gasteiger partial charge on any atom is 0.246 e. The molecule has 0 atom stereocenters. The topological polar surface area (TPSA) is 66.5 Å². The predicted molar refractivity (Wildman–Crippen MR) is 62.2 cm³/mol. The van der Waals surface area contributed by atoms with E-state index in [0.29, 0.717) is 22.6 Å². The molecule has 1 aliphatic rings. The molecule has 1 aliphatic heterocycles. The summed E-state index contributed by atoms with van der Waals surface area (Å²) < 4.78 is 0. The van der Waals surface area contributed by atoms with Gasteiger partial charge < -0.3 is 4.90 Å². The second-order valence-electron chi connectivity index (χ2n) is 3.65. The van der Waals surface area contributed by atoms with Crippen LogP contribution in [0.15, 0.2) is 18.2 Å². The average Bonchev–Trinajstić information content (AvgIpc) is 2.27. The number of nitrogens with zero attached hydrogens (tertiary/aromatic N) is 1. The highest BCUT2D eigenvalue weighted by Crippen LogP contribution is 2.23. The monoisotopic (exact) mass is 252 g/mol. The normalized spacial score (nSPS) is 15.7. The first-order valence-corrected chi connectivity index (χ1v) is 5.30. The lowest BCUT2D eigenvalue weighted by atomic mass is 10.2. The molecule has 1 heterocycles. The first-order valence-electron chi connectivity index (χ1n) is 4.92. The van der Waals surface area contributed by atoms with Gasteiger partial charge in [-0.05, 0) is 18.2 Å². The molecule has 5 nitrogen and oxygen atoms in total. The molecule has 6 heteroatoms. The van der Waals surface area contributed by atoms with Crippen LogP contribution in [0.4, 0.5) is 5.69 Å². The van der Waals surface area contributed by atoms with Gasteiger partial charge in [0.2, 0.25) is 11.8 Å². The summed E-state index contributed by atoms with van der Waals surface area (Å²) in [5, 5.41) is 2.51. The van der Waals surface area contributed by atoms with Crippen LogP contribution in [0, 0.1) is 0 Å². The zero-order valence-electron chi connectivity index (χ0n) is 8.77. The van der Waals surface area contributed by atoms with Crippen molar-refractivity contribution in [3.63, 3.8) is 0 Å². The van der Waals surface area contributed by atoms with E-state index in [0.717, 1.165) is 0 Å². The van der Waals surface area contributed by atoms with Crippen molar-refractivity contribution >= 4 is 35.4 Å². The van der Waals surface area contributed by atoms with E-state index in [-0.39, 0.29) is 24.9 Å². The van der Waals surface area contributed by atoms with Crippen LogP contribution in [0.1, 0.15) is 10.4 Å². The molecule has 0 aliphatic carbocycles. The van der Waals surface area contributed by atoms with Crippen molar-refractivity contribution in [2.45, 2.75) is 0 Å². The first-order chi connectivity index (χ1) is 8.10. The van der Waals surface area contributed by atoms with Crippen LogP contribution in [0.3, 0.4) is 0 Å². The van der Waals surface area contributed by atoms with Gasteiger partial charge in [-0.25, -0.2) is 0 Å². The predicted octanol–water partition coefficient (Wildman–Crippen LogP) is 0.615. The highest BCUT2D eigenvalue weighted by molar-refractivity contribution is 6.33. The number of hydrogen-bond acceptors (Lipinski definition) is 4. The maximum absolute atomic E-state index is 11.2. The summed E-state index contributed by atoms with van der Waals surface area (Å²) in [5.41, 5.74) is 1.02. The summed E-state index contributed by atoms with van der Waals surface area (Å²) in [7, 11) is 0. The van der Waals surface area contributed by atoms with E-state index in [1.807, 2.05) is 0 Å². The van der Waals surface area contributed by atoms with Gasteiger partial charge >= 0.3 is 0 Å². The third kappa shape index (κ3) is 2.45. The van der Waals surface area contributed by atoms with Crippen LogP contribution in [0.25, 0.3) is 0 Å². The molecular weight excluding hydrogens is 244 g/mol. The summed E-state index contributed by atoms with van der Waals surface area (Å²) in [6, 6.07) is 4.78. The second-order valence-corrected chi connectivity index (χ2v) is 4.06. The second kappa shape index (κ2) is 4.55. The number of anilines is 1. The minimum Gasteiger partial charge on any atom is -0.353 e. The van der Waals surface area contributed by atoms with Crippen molar-refractivity contribution in [1.82, 2.24) is 5.32 Å². The van der Waals surface area contributed by atoms with E-state index < -0.39 is 0 Å². The van der Waals surface area contributed by atoms with E-state index in [1.54, 1.807) is 23.1 Å².